The van der Waals surface area contributed by atoms with Gasteiger partial charge in [-0.3, -0.25) is 4.57 Å². The smallest absolute Gasteiger partial charge is 0.191 e. The molecule has 1 unspecified atom stereocenters. The van der Waals surface area contributed by atoms with Crippen molar-refractivity contribution in [2.75, 3.05) is 0 Å². The molecule has 0 saturated carbocycles. The lowest BCUT2D eigenvalue weighted by molar-refractivity contribution is 1.08. The van der Waals surface area contributed by atoms with Gasteiger partial charge in [-0.2, -0.15) is 0 Å². The van der Waals surface area contributed by atoms with Crippen molar-refractivity contribution in [2.24, 2.45) is 6.26 Å². The summed E-state index contributed by atoms with van der Waals surface area (Å²) in [6.45, 7) is 0. The number of rotatable bonds is 2. The van der Waals surface area contributed by atoms with Gasteiger partial charge >= 0.3 is 0 Å². The van der Waals surface area contributed by atoms with E-state index in [0.717, 1.165) is 27.4 Å². The molecule has 0 aliphatic carbocycles. The molecule has 188 valence electrons. The average Bonchev–Trinajstić information content (AvgIpc) is 3.65. The van der Waals surface area contributed by atoms with E-state index in [1.165, 1.54) is 52.1 Å². The van der Waals surface area contributed by atoms with Crippen molar-refractivity contribution in [3.8, 4) is 17.2 Å². The maximum absolute atomic E-state index is 5.33. The van der Waals surface area contributed by atoms with Crippen LogP contribution in [0.3, 0.4) is 0 Å². The fourth-order valence-electron chi connectivity index (χ4n) is 6.30. The molecule has 40 heavy (non-hydrogen) atoms. The molecule has 9 aromatic rings. The fourth-order valence-corrected chi connectivity index (χ4v) is 9.46. The minimum Gasteiger partial charge on any atom is -0.292 e. The van der Waals surface area contributed by atoms with Gasteiger partial charge in [-0.05, 0) is 46.9 Å². The lowest BCUT2D eigenvalue weighted by Gasteiger charge is -2.10. The van der Waals surface area contributed by atoms with Crippen molar-refractivity contribution in [1.29, 1.82) is 0 Å². The molecular weight excluding hydrogens is 527 g/mol. The third kappa shape index (κ3) is 2.93. The van der Waals surface area contributed by atoms with Crippen LogP contribution in [0, 0.1) is 0 Å². The van der Waals surface area contributed by atoms with E-state index >= 15 is 0 Å². The molecule has 9 rings (SSSR count). The Kier molecular flexibility index (Phi) is 4.57. The van der Waals surface area contributed by atoms with Gasteiger partial charge in [0.2, 0.25) is 0 Å². The largest absolute Gasteiger partial charge is 0.292 e. The SMILES string of the molecule is C[s+]1c2ccccc2c2ccc3c(c4ccccc4n3-c3nc(-c4ccccc4)nc4c3sc3ccccc34)c21. The van der Waals surface area contributed by atoms with Gasteiger partial charge in [0.1, 0.15) is 6.26 Å². The molecule has 0 spiro atoms. The first-order chi connectivity index (χ1) is 19.8. The van der Waals surface area contributed by atoms with Crippen LogP contribution in [-0.4, -0.2) is 14.5 Å². The zero-order valence-electron chi connectivity index (χ0n) is 21.6. The predicted octanol–water partition coefficient (Wildman–Crippen LogP) is 10.2. The topological polar surface area (TPSA) is 30.7 Å². The van der Waals surface area contributed by atoms with Gasteiger partial charge in [-0.1, -0.05) is 78.9 Å². The number of nitrogens with zero attached hydrogens (tertiary/aromatic N) is 3. The molecule has 5 aromatic carbocycles. The van der Waals surface area contributed by atoms with Crippen LogP contribution >= 0.6 is 21.8 Å². The Morgan fingerprint density at radius 3 is 2.23 bits per heavy atom. The van der Waals surface area contributed by atoms with E-state index in [9.17, 15) is 0 Å². The van der Waals surface area contributed by atoms with Crippen LogP contribution in [0.2, 0.25) is 0 Å². The Balaban J connectivity index is 1.50. The second kappa shape index (κ2) is 8.21. The standard InChI is InChI=1S/C35H22N3S2/c1-40-29-18-10-7-13-22(29)23-19-20-27-30(33(23)40)24-14-5-8-16-26(24)38(27)35-32-31(25-15-6-9-17-28(25)39-32)36-34(37-35)21-11-3-2-4-12-21/h2-20H,1H3/q+1. The highest BCUT2D eigenvalue weighted by atomic mass is 32.2. The minimum absolute atomic E-state index is 0.0135. The molecule has 0 fully saturated rings. The zero-order chi connectivity index (χ0) is 26.4. The number of hydrogen-bond donors (Lipinski definition) is 0. The molecule has 0 N–H and O–H groups in total. The highest BCUT2D eigenvalue weighted by Crippen LogP contribution is 2.48. The third-order valence-corrected chi connectivity index (χ3v) is 11.3. The second-order valence-corrected chi connectivity index (χ2v) is 13.1. The molecule has 0 saturated heterocycles. The number of para-hydroxylation sites is 1. The third-order valence-electron chi connectivity index (χ3n) is 8.05. The first-order valence-electron chi connectivity index (χ1n) is 13.3. The molecule has 0 amide bonds. The molecule has 5 heteroatoms. The van der Waals surface area contributed by atoms with Gasteiger partial charge in [0.15, 0.2) is 21.0 Å². The summed E-state index contributed by atoms with van der Waals surface area (Å²) in [5, 5.41) is 6.51. The van der Waals surface area contributed by atoms with Gasteiger partial charge in [-0.15, -0.1) is 11.3 Å². The summed E-state index contributed by atoms with van der Waals surface area (Å²) in [6.07, 6.45) is 2.37. The average molecular weight is 549 g/mol. The Morgan fingerprint density at radius 2 is 1.35 bits per heavy atom. The summed E-state index contributed by atoms with van der Waals surface area (Å²) in [5.41, 5.74) is 4.41. The van der Waals surface area contributed by atoms with Crippen molar-refractivity contribution in [2.45, 2.75) is 0 Å². The Hall–Kier alpha value is -4.58. The van der Waals surface area contributed by atoms with Gasteiger partial charge in [-0.25, -0.2) is 9.97 Å². The summed E-state index contributed by atoms with van der Waals surface area (Å²) in [5.74, 6) is 1.70. The highest BCUT2D eigenvalue weighted by Gasteiger charge is 2.26. The first-order valence-corrected chi connectivity index (χ1v) is 15.8. The Morgan fingerprint density at radius 1 is 0.625 bits per heavy atom. The van der Waals surface area contributed by atoms with Gasteiger partial charge < -0.3 is 0 Å². The van der Waals surface area contributed by atoms with Crippen LogP contribution in [0.25, 0.3) is 79.5 Å². The van der Waals surface area contributed by atoms with Crippen molar-refractivity contribution >= 4 is 84.1 Å². The molecule has 0 aliphatic heterocycles. The normalized spacial score (nSPS) is 12.6. The maximum Gasteiger partial charge on any atom is 0.191 e. The Bertz CT molecular complexity index is 2450. The molecule has 1 atom stereocenters. The molecule has 0 aliphatic rings. The molecule has 0 bridgehead atoms. The van der Waals surface area contributed by atoms with Crippen LogP contribution in [0.4, 0.5) is 0 Å². The molecular formula is C35H22N3S2+. The van der Waals surface area contributed by atoms with E-state index in [0.29, 0.717) is 0 Å². The van der Waals surface area contributed by atoms with E-state index in [1.807, 2.05) is 6.07 Å². The van der Waals surface area contributed by atoms with Crippen LogP contribution in [0.1, 0.15) is 0 Å². The summed E-state index contributed by atoms with van der Waals surface area (Å²) < 4.78 is 7.60. The van der Waals surface area contributed by atoms with Crippen molar-refractivity contribution in [3.05, 3.63) is 115 Å². The number of thiophene rings is 2. The molecule has 3 nitrogen and oxygen atoms in total. The lowest BCUT2D eigenvalue weighted by Crippen LogP contribution is -2.01. The molecule has 4 aromatic heterocycles. The van der Waals surface area contributed by atoms with Crippen LogP contribution in [0.15, 0.2) is 115 Å². The maximum atomic E-state index is 5.33. The predicted molar refractivity (Wildman–Crippen MR) is 173 cm³/mol. The molecule has 0 radical (unpaired) electrons. The quantitative estimate of drug-likeness (QED) is 0.201. The number of fused-ring (bicyclic) bond motifs is 10. The summed E-state index contributed by atoms with van der Waals surface area (Å²) in [4.78, 5) is 10.5. The van der Waals surface area contributed by atoms with E-state index in [1.54, 1.807) is 11.3 Å². The van der Waals surface area contributed by atoms with Gasteiger partial charge in [0.05, 0.1) is 26.6 Å². The number of hydrogen-bond acceptors (Lipinski definition) is 3. The van der Waals surface area contributed by atoms with Crippen molar-refractivity contribution in [1.82, 2.24) is 14.5 Å². The van der Waals surface area contributed by atoms with E-state index in [2.05, 4.69) is 120 Å². The summed E-state index contributed by atoms with van der Waals surface area (Å²) in [7, 11) is -0.0135. The highest BCUT2D eigenvalue weighted by molar-refractivity contribution is 7.42. The van der Waals surface area contributed by atoms with Gasteiger partial charge in [0, 0.05) is 31.8 Å². The fraction of sp³-hybridized carbons (Fsp3) is 0.0286. The number of benzene rings is 5. The monoisotopic (exact) mass is 548 g/mol. The zero-order valence-corrected chi connectivity index (χ0v) is 23.3. The van der Waals surface area contributed by atoms with E-state index < -0.39 is 0 Å². The Labute approximate surface area is 236 Å². The second-order valence-electron chi connectivity index (χ2n) is 10.2. The summed E-state index contributed by atoms with van der Waals surface area (Å²) in [6, 6.07) is 41.2. The summed E-state index contributed by atoms with van der Waals surface area (Å²) >= 11 is 1.78. The lowest BCUT2D eigenvalue weighted by atomic mass is 10.1. The van der Waals surface area contributed by atoms with Gasteiger partial charge in [0.25, 0.3) is 0 Å². The van der Waals surface area contributed by atoms with E-state index in [-0.39, 0.29) is 10.5 Å². The minimum atomic E-state index is -0.0135. The van der Waals surface area contributed by atoms with E-state index in [4.69, 9.17) is 9.97 Å². The first kappa shape index (κ1) is 22.3. The van der Waals surface area contributed by atoms with Crippen LogP contribution in [-0.2, 0) is 6.26 Å². The van der Waals surface area contributed by atoms with Crippen molar-refractivity contribution < 1.29 is 0 Å². The molecule has 4 heterocycles. The number of aromatic nitrogens is 3. The van der Waals surface area contributed by atoms with Crippen LogP contribution < -0.4 is 0 Å². The van der Waals surface area contributed by atoms with Crippen molar-refractivity contribution in [3.63, 3.8) is 0 Å². The number of aryl methyl sites for hydroxylation is 1. The van der Waals surface area contributed by atoms with Crippen LogP contribution in [0.5, 0.6) is 0 Å².